The van der Waals surface area contributed by atoms with Gasteiger partial charge in [-0.25, -0.2) is 0 Å². The molecule has 1 saturated heterocycles. The molecule has 10 heteroatoms. The van der Waals surface area contributed by atoms with Gasteiger partial charge in [-0.3, -0.25) is 9.69 Å². The molecule has 1 aliphatic heterocycles. The minimum atomic E-state index is 0.0227. The molecule has 1 aromatic carbocycles. The summed E-state index contributed by atoms with van der Waals surface area (Å²) in [6, 6.07) is 7.83. The molecule has 34 heavy (non-hydrogen) atoms. The van der Waals surface area contributed by atoms with Crippen molar-refractivity contribution in [3.8, 4) is 0 Å². The summed E-state index contributed by atoms with van der Waals surface area (Å²) in [6.07, 6.45) is 5.66. The quantitative estimate of drug-likeness (QED) is 0.453. The Morgan fingerprint density at radius 3 is 2.53 bits per heavy atom. The second-order valence-electron chi connectivity index (χ2n) is 9.04. The third kappa shape index (κ3) is 6.53. The standard InChI is InChI=1S/C24H31BrCl2N6O/c1-28-24-30-21(27)20(26)22(31-24)33-13-11-32(12-14-33)10-9-16-5-7-19(8-6-16)29-23(34)17-3-2-4-18(25)15-17/h2-4,15-16,19H,5-14H2,1H3,(H,29,34)(H,28,30,31). The van der Waals surface area contributed by atoms with Gasteiger partial charge in [-0.2, -0.15) is 9.97 Å². The van der Waals surface area contributed by atoms with Crippen LogP contribution in [0.3, 0.4) is 0 Å². The van der Waals surface area contributed by atoms with Crippen LogP contribution in [0.5, 0.6) is 0 Å². The zero-order valence-corrected chi connectivity index (χ0v) is 22.5. The third-order valence-corrected chi connectivity index (χ3v) is 8.02. The van der Waals surface area contributed by atoms with E-state index in [0.717, 1.165) is 56.0 Å². The molecular weight excluding hydrogens is 539 g/mol. The first-order chi connectivity index (χ1) is 16.4. The Labute approximate surface area is 219 Å². The number of hydrogen-bond donors (Lipinski definition) is 2. The molecule has 1 amide bonds. The van der Waals surface area contributed by atoms with Crippen LogP contribution in [0.25, 0.3) is 0 Å². The average molecular weight is 570 g/mol. The molecule has 1 aliphatic carbocycles. The summed E-state index contributed by atoms with van der Waals surface area (Å²) in [5, 5.41) is 6.85. The van der Waals surface area contributed by atoms with Crippen molar-refractivity contribution in [2.45, 2.75) is 38.1 Å². The Bertz CT molecular complexity index is 993. The van der Waals surface area contributed by atoms with Crippen LogP contribution in [-0.2, 0) is 0 Å². The van der Waals surface area contributed by atoms with E-state index < -0.39 is 0 Å². The van der Waals surface area contributed by atoms with Crippen LogP contribution < -0.4 is 15.5 Å². The predicted octanol–water partition coefficient (Wildman–Crippen LogP) is 5.09. The molecule has 2 aromatic rings. The van der Waals surface area contributed by atoms with Crippen LogP contribution in [0, 0.1) is 5.92 Å². The summed E-state index contributed by atoms with van der Waals surface area (Å²) in [4.78, 5) is 25.9. The van der Waals surface area contributed by atoms with Crippen LogP contribution in [0.2, 0.25) is 10.2 Å². The average Bonchev–Trinajstić information content (AvgIpc) is 2.85. The lowest BCUT2D eigenvalue weighted by atomic mass is 9.84. The van der Waals surface area contributed by atoms with E-state index in [4.69, 9.17) is 23.2 Å². The molecule has 0 bridgehead atoms. The maximum atomic E-state index is 12.5. The number of carbonyl (C=O) groups is 1. The van der Waals surface area contributed by atoms with Gasteiger partial charge in [0.1, 0.15) is 5.02 Å². The molecule has 0 atom stereocenters. The van der Waals surface area contributed by atoms with E-state index in [1.54, 1.807) is 7.05 Å². The summed E-state index contributed by atoms with van der Waals surface area (Å²) < 4.78 is 0.927. The Balaban J connectivity index is 1.18. The molecule has 2 N–H and O–H groups in total. The fourth-order valence-electron chi connectivity index (χ4n) is 4.77. The Hall–Kier alpha value is -1.61. The number of halogens is 3. The molecule has 184 valence electrons. The molecule has 0 unspecified atom stereocenters. The number of anilines is 2. The van der Waals surface area contributed by atoms with Gasteiger partial charge < -0.3 is 15.5 Å². The van der Waals surface area contributed by atoms with Crippen LogP contribution in [-0.4, -0.2) is 66.6 Å². The fraction of sp³-hybridized carbons (Fsp3) is 0.542. The zero-order valence-electron chi connectivity index (χ0n) is 19.4. The van der Waals surface area contributed by atoms with E-state index in [2.05, 4.69) is 46.3 Å². The highest BCUT2D eigenvalue weighted by Gasteiger charge is 2.25. The van der Waals surface area contributed by atoms with E-state index in [1.165, 1.54) is 19.3 Å². The first kappa shape index (κ1) is 25.5. The zero-order chi connectivity index (χ0) is 24.1. The van der Waals surface area contributed by atoms with Crippen molar-refractivity contribution in [3.05, 3.63) is 44.5 Å². The summed E-state index contributed by atoms with van der Waals surface area (Å²) in [6.45, 7) is 4.79. The minimum Gasteiger partial charge on any atom is -0.357 e. The van der Waals surface area contributed by atoms with Gasteiger partial charge >= 0.3 is 0 Å². The van der Waals surface area contributed by atoms with Gasteiger partial charge in [0.15, 0.2) is 11.0 Å². The van der Waals surface area contributed by atoms with E-state index >= 15 is 0 Å². The Kier molecular flexibility index (Phi) is 8.91. The van der Waals surface area contributed by atoms with E-state index in [0.29, 0.717) is 22.4 Å². The highest BCUT2D eigenvalue weighted by molar-refractivity contribution is 9.10. The monoisotopic (exact) mass is 568 g/mol. The van der Waals surface area contributed by atoms with Crippen molar-refractivity contribution in [1.29, 1.82) is 0 Å². The number of aromatic nitrogens is 2. The van der Waals surface area contributed by atoms with Crippen molar-refractivity contribution >= 4 is 56.8 Å². The van der Waals surface area contributed by atoms with Crippen molar-refractivity contribution in [1.82, 2.24) is 20.2 Å². The lowest BCUT2D eigenvalue weighted by Gasteiger charge is -2.37. The lowest BCUT2D eigenvalue weighted by Crippen LogP contribution is -2.47. The molecule has 2 fully saturated rings. The van der Waals surface area contributed by atoms with Crippen LogP contribution >= 0.6 is 39.1 Å². The molecule has 1 aromatic heterocycles. The normalized spacial score (nSPS) is 21.4. The van der Waals surface area contributed by atoms with E-state index in [1.807, 2.05) is 24.3 Å². The molecule has 2 heterocycles. The number of nitrogens with one attached hydrogen (secondary N) is 2. The third-order valence-electron chi connectivity index (χ3n) is 6.81. The van der Waals surface area contributed by atoms with Crippen molar-refractivity contribution in [3.63, 3.8) is 0 Å². The van der Waals surface area contributed by atoms with Crippen molar-refractivity contribution in [2.75, 3.05) is 50.0 Å². The molecular formula is C24H31BrCl2N6O. The number of benzene rings is 1. The Morgan fingerprint density at radius 1 is 1.12 bits per heavy atom. The van der Waals surface area contributed by atoms with E-state index in [9.17, 15) is 4.79 Å². The Morgan fingerprint density at radius 2 is 1.85 bits per heavy atom. The predicted molar refractivity (Wildman–Crippen MR) is 142 cm³/mol. The first-order valence-corrected chi connectivity index (χ1v) is 13.4. The summed E-state index contributed by atoms with van der Waals surface area (Å²) in [5.41, 5.74) is 0.711. The van der Waals surface area contributed by atoms with Gasteiger partial charge in [-0.05, 0) is 62.8 Å². The maximum Gasteiger partial charge on any atom is 0.251 e. The number of nitrogens with zero attached hydrogens (tertiary/aromatic N) is 4. The van der Waals surface area contributed by atoms with Gasteiger partial charge in [0.05, 0.1) is 0 Å². The molecule has 0 spiro atoms. The SMILES string of the molecule is CNc1nc(Cl)c(Cl)c(N2CCN(CCC3CCC(NC(=O)c4cccc(Br)c4)CC3)CC2)n1. The molecule has 0 radical (unpaired) electrons. The highest BCUT2D eigenvalue weighted by Crippen LogP contribution is 2.32. The molecule has 4 rings (SSSR count). The number of rotatable bonds is 7. The number of piperazine rings is 1. The van der Waals surface area contributed by atoms with Crippen molar-refractivity contribution in [2.24, 2.45) is 5.92 Å². The van der Waals surface area contributed by atoms with Gasteiger partial charge in [0.2, 0.25) is 5.95 Å². The maximum absolute atomic E-state index is 12.5. The molecule has 2 aliphatic rings. The van der Waals surface area contributed by atoms with E-state index in [-0.39, 0.29) is 17.1 Å². The van der Waals surface area contributed by atoms with Gasteiger partial charge in [-0.15, -0.1) is 0 Å². The number of hydrogen-bond acceptors (Lipinski definition) is 6. The van der Waals surface area contributed by atoms with Crippen LogP contribution in [0.1, 0.15) is 42.5 Å². The summed E-state index contributed by atoms with van der Waals surface area (Å²) >= 11 is 16.0. The molecule has 7 nitrogen and oxygen atoms in total. The van der Waals surface area contributed by atoms with Gasteiger partial charge in [0.25, 0.3) is 5.91 Å². The topological polar surface area (TPSA) is 73.4 Å². The van der Waals surface area contributed by atoms with Crippen molar-refractivity contribution < 1.29 is 4.79 Å². The van der Waals surface area contributed by atoms with Gasteiger partial charge in [0, 0.05) is 49.3 Å². The second-order valence-corrected chi connectivity index (χ2v) is 10.7. The first-order valence-electron chi connectivity index (χ1n) is 11.9. The summed E-state index contributed by atoms with van der Waals surface area (Å²) in [7, 11) is 1.77. The number of carbonyl (C=O) groups excluding carboxylic acids is 1. The summed E-state index contributed by atoms with van der Waals surface area (Å²) in [5.74, 6) is 1.93. The van der Waals surface area contributed by atoms with Crippen LogP contribution in [0.4, 0.5) is 11.8 Å². The lowest BCUT2D eigenvalue weighted by molar-refractivity contribution is 0.0919. The van der Waals surface area contributed by atoms with Crippen LogP contribution in [0.15, 0.2) is 28.7 Å². The smallest absolute Gasteiger partial charge is 0.251 e. The van der Waals surface area contributed by atoms with Gasteiger partial charge in [-0.1, -0.05) is 45.2 Å². The fourth-order valence-corrected chi connectivity index (χ4v) is 5.54. The molecule has 1 saturated carbocycles. The highest BCUT2D eigenvalue weighted by atomic mass is 79.9. The largest absolute Gasteiger partial charge is 0.357 e. The number of amides is 1. The minimum absolute atomic E-state index is 0.0227. The second kappa shape index (κ2) is 11.9.